The Kier molecular flexibility index (Phi) is 6.68. The van der Waals surface area contributed by atoms with E-state index in [1.54, 1.807) is 0 Å². The molecule has 2 fully saturated rings. The van der Waals surface area contributed by atoms with E-state index in [9.17, 15) is 4.79 Å². The monoisotopic (exact) mass is 464 g/mol. The van der Waals surface area contributed by atoms with Gasteiger partial charge in [-0.3, -0.25) is 9.69 Å². The second kappa shape index (κ2) is 9.87. The van der Waals surface area contributed by atoms with Gasteiger partial charge in [-0.15, -0.1) is 0 Å². The quantitative estimate of drug-likeness (QED) is 0.604. The second-order valence-corrected chi connectivity index (χ2v) is 10.5. The normalized spacial score (nSPS) is 19.2. The molecule has 0 atom stereocenters. The topological polar surface area (TPSA) is 51.2 Å². The van der Waals surface area contributed by atoms with Crippen LogP contribution < -0.4 is 14.2 Å². The first-order chi connectivity index (χ1) is 16.5. The molecule has 6 nitrogen and oxygen atoms in total. The molecule has 6 heteroatoms. The Hall–Kier alpha value is -2.73. The number of ether oxygens (including phenoxy) is 3. The number of nitrogens with zero attached hydrogens (tertiary/aromatic N) is 2. The Balaban J connectivity index is 1.13. The Bertz CT molecular complexity index is 1010. The largest absolute Gasteiger partial charge is 0.493 e. The first kappa shape index (κ1) is 23.0. The van der Waals surface area contributed by atoms with Crippen LogP contribution in [0, 0.1) is 11.3 Å². The van der Waals surface area contributed by atoms with Gasteiger partial charge in [-0.2, -0.15) is 0 Å². The van der Waals surface area contributed by atoms with Crippen LogP contribution in [0.5, 0.6) is 17.2 Å². The SMILES string of the molecule is CC(C)COc1ccccc1CN1CCC2(CC1)CCN(C(=O)Cc1ccc3c(c1)OCO3)C2. The molecule has 0 saturated carbocycles. The summed E-state index contributed by atoms with van der Waals surface area (Å²) < 4.78 is 16.9. The Morgan fingerprint density at radius 2 is 1.79 bits per heavy atom. The maximum atomic E-state index is 13.0. The molecule has 0 N–H and O–H groups in total. The molecule has 3 aliphatic heterocycles. The van der Waals surface area contributed by atoms with Crippen LogP contribution in [0.2, 0.25) is 0 Å². The molecule has 3 aliphatic rings. The summed E-state index contributed by atoms with van der Waals surface area (Å²) in [5, 5.41) is 0. The number of amides is 1. The molecule has 1 amide bonds. The van der Waals surface area contributed by atoms with Gasteiger partial charge in [0.05, 0.1) is 13.0 Å². The molecule has 2 aromatic rings. The molecule has 182 valence electrons. The van der Waals surface area contributed by atoms with Gasteiger partial charge in [0.2, 0.25) is 12.7 Å². The van der Waals surface area contributed by atoms with E-state index in [2.05, 4.69) is 47.9 Å². The molecule has 0 unspecified atom stereocenters. The van der Waals surface area contributed by atoms with Gasteiger partial charge < -0.3 is 19.1 Å². The predicted octanol–water partition coefficient (Wildman–Crippen LogP) is 4.51. The van der Waals surface area contributed by atoms with Crippen molar-refractivity contribution in [2.45, 2.75) is 46.1 Å². The fourth-order valence-corrected chi connectivity index (χ4v) is 5.35. The number of likely N-dealkylation sites (tertiary alicyclic amines) is 2. The Morgan fingerprint density at radius 3 is 2.62 bits per heavy atom. The molecule has 0 aliphatic carbocycles. The van der Waals surface area contributed by atoms with Crippen LogP contribution in [0.25, 0.3) is 0 Å². The molecular weight excluding hydrogens is 428 g/mol. The van der Waals surface area contributed by atoms with Crippen LogP contribution in [0.15, 0.2) is 42.5 Å². The number of para-hydroxylation sites is 1. The highest BCUT2D eigenvalue weighted by atomic mass is 16.7. The number of hydrogen-bond acceptors (Lipinski definition) is 5. The highest BCUT2D eigenvalue weighted by molar-refractivity contribution is 5.79. The van der Waals surface area contributed by atoms with E-state index < -0.39 is 0 Å². The number of rotatable bonds is 7. The van der Waals surface area contributed by atoms with E-state index in [1.807, 2.05) is 18.2 Å². The number of fused-ring (bicyclic) bond motifs is 1. The third kappa shape index (κ3) is 5.17. The zero-order chi connectivity index (χ0) is 23.5. The number of piperidine rings is 1. The summed E-state index contributed by atoms with van der Waals surface area (Å²) in [6.45, 7) is 10.2. The number of carbonyl (C=O) groups is 1. The minimum Gasteiger partial charge on any atom is -0.493 e. The first-order valence-electron chi connectivity index (χ1n) is 12.6. The summed E-state index contributed by atoms with van der Waals surface area (Å²) in [5.74, 6) is 3.25. The van der Waals surface area contributed by atoms with Gasteiger partial charge in [0.25, 0.3) is 0 Å². The summed E-state index contributed by atoms with van der Waals surface area (Å²) in [5.41, 5.74) is 2.53. The average molecular weight is 465 g/mol. The molecule has 2 aromatic carbocycles. The van der Waals surface area contributed by atoms with E-state index in [4.69, 9.17) is 14.2 Å². The van der Waals surface area contributed by atoms with Gasteiger partial charge in [0, 0.05) is 25.2 Å². The van der Waals surface area contributed by atoms with Crippen molar-refractivity contribution in [3.8, 4) is 17.2 Å². The van der Waals surface area contributed by atoms with Crippen LogP contribution in [0.1, 0.15) is 44.2 Å². The molecule has 2 saturated heterocycles. The number of hydrogen-bond donors (Lipinski definition) is 0. The number of carbonyl (C=O) groups excluding carboxylic acids is 1. The maximum absolute atomic E-state index is 13.0. The Morgan fingerprint density at radius 1 is 1.03 bits per heavy atom. The first-order valence-corrected chi connectivity index (χ1v) is 12.6. The number of benzene rings is 2. The summed E-state index contributed by atoms with van der Waals surface area (Å²) >= 11 is 0. The average Bonchev–Trinajstić information content (AvgIpc) is 3.47. The summed E-state index contributed by atoms with van der Waals surface area (Å²) in [6.07, 6.45) is 3.83. The Labute approximate surface area is 202 Å². The summed E-state index contributed by atoms with van der Waals surface area (Å²) in [4.78, 5) is 17.6. The molecule has 0 radical (unpaired) electrons. The van der Waals surface area contributed by atoms with Crippen molar-refractivity contribution < 1.29 is 19.0 Å². The third-order valence-corrected chi connectivity index (χ3v) is 7.44. The minimum atomic E-state index is 0.217. The van der Waals surface area contributed by atoms with Gasteiger partial charge in [-0.25, -0.2) is 0 Å². The van der Waals surface area contributed by atoms with E-state index in [0.29, 0.717) is 12.3 Å². The van der Waals surface area contributed by atoms with Crippen molar-refractivity contribution in [3.05, 3.63) is 53.6 Å². The fraction of sp³-hybridized carbons (Fsp3) is 0.536. The van der Waals surface area contributed by atoms with E-state index in [-0.39, 0.29) is 18.1 Å². The molecule has 0 aromatic heterocycles. The van der Waals surface area contributed by atoms with Gasteiger partial charge in [0.15, 0.2) is 11.5 Å². The van der Waals surface area contributed by atoms with Crippen LogP contribution in [-0.4, -0.2) is 55.3 Å². The van der Waals surface area contributed by atoms with E-state index in [1.165, 1.54) is 5.56 Å². The molecule has 3 heterocycles. The van der Waals surface area contributed by atoms with Crippen molar-refractivity contribution >= 4 is 5.91 Å². The van der Waals surface area contributed by atoms with E-state index in [0.717, 1.165) is 81.4 Å². The third-order valence-electron chi connectivity index (χ3n) is 7.44. The highest BCUT2D eigenvalue weighted by Gasteiger charge is 2.42. The van der Waals surface area contributed by atoms with Gasteiger partial charge in [-0.1, -0.05) is 38.1 Å². The van der Waals surface area contributed by atoms with Crippen molar-refractivity contribution in [1.29, 1.82) is 0 Å². The molecule has 5 rings (SSSR count). The zero-order valence-electron chi connectivity index (χ0n) is 20.4. The zero-order valence-corrected chi connectivity index (χ0v) is 20.4. The van der Waals surface area contributed by atoms with Crippen LogP contribution >= 0.6 is 0 Å². The van der Waals surface area contributed by atoms with Crippen LogP contribution in [0.4, 0.5) is 0 Å². The lowest BCUT2D eigenvalue weighted by Crippen LogP contribution is -2.42. The van der Waals surface area contributed by atoms with Gasteiger partial charge >= 0.3 is 0 Å². The van der Waals surface area contributed by atoms with Crippen molar-refractivity contribution in [1.82, 2.24) is 9.80 Å². The van der Waals surface area contributed by atoms with Gasteiger partial charge in [-0.05, 0) is 67.4 Å². The minimum absolute atomic E-state index is 0.217. The van der Waals surface area contributed by atoms with Gasteiger partial charge in [0.1, 0.15) is 5.75 Å². The lowest BCUT2D eigenvalue weighted by Gasteiger charge is -2.39. The van der Waals surface area contributed by atoms with Crippen molar-refractivity contribution in [3.63, 3.8) is 0 Å². The molecule has 1 spiro atoms. The van der Waals surface area contributed by atoms with Crippen LogP contribution in [0.3, 0.4) is 0 Å². The van der Waals surface area contributed by atoms with Crippen molar-refractivity contribution in [2.24, 2.45) is 11.3 Å². The molecular formula is C28H36N2O4. The van der Waals surface area contributed by atoms with Crippen LogP contribution in [-0.2, 0) is 17.8 Å². The molecule has 34 heavy (non-hydrogen) atoms. The van der Waals surface area contributed by atoms with Crippen molar-refractivity contribution in [2.75, 3.05) is 39.6 Å². The highest BCUT2D eigenvalue weighted by Crippen LogP contribution is 2.41. The van der Waals surface area contributed by atoms with E-state index >= 15 is 0 Å². The maximum Gasteiger partial charge on any atom is 0.231 e. The lowest BCUT2D eigenvalue weighted by molar-refractivity contribution is -0.130. The molecule has 0 bridgehead atoms. The summed E-state index contributed by atoms with van der Waals surface area (Å²) in [6, 6.07) is 14.2. The second-order valence-electron chi connectivity index (χ2n) is 10.5. The smallest absolute Gasteiger partial charge is 0.231 e. The fourth-order valence-electron chi connectivity index (χ4n) is 5.35. The summed E-state index contributed by atoms with van der Waals surface area (Å²) in [7, 11) is 0. The standard InChI is InChI=1S/C28H36N2O4/c1-21(2)18-32-24-6-4-3-5-23(24)17-29-12-9-28(10-13-29)11-14-30(19-28)27(31)16-22-7-8-25-26(15-22)34-20-33-25/h3-8,15,21H,9-14,16-20H2,1-2H3. The lowest BCUT2D eigenvalue weighted by atomic mass is 9.77. The predicted molar refractivity (Wildman–Crippen MR) is 131 cm³/mol.